The zero-order valence-electron chi connectivity index (χ0n) is 12.2. The molecule has 4 nitrogen and oxygen atoms in total. The summed E-state index contributed by atoms with van der Waals surface area (Å²) in [5, 5.41) is 12.5. The molecule has 2 unspecified atom stereocenters. The summed E-state index contributed by atoms with van der Waals surface area (Å²) in [7, 11) is 0. The Morgan fingerprint density at radius 2 is 2.05 bits per heavy atom. The fourth-order valence-electron chi connectivity index (χ4n) is 2.96. The fourth-order valence-corrected chi connectivity index (χ4v) is 2.96. The SMILES string of the molecule is CCC(c1ccccc1)N(CC)C(=O)[C@@H]1CCC(O)N1. The van der Waals surface area contributed by atoms with Crippen LogP contribution in [0.15, 0.2) is 30.3 Å². The third-order valence-electron chi connectivity index (χ3n) is 3.99. The Morgan fingerprint density at radius 3 is 2.55 bits per heavy atom. The monoisotopic (exact) mass is 276 g/mol. The van der Waals surface area contributed by atoms with E-state index < -0.39 is 6.23 Å². The van der Waals surface area contributed by atoms with Crippen molar-refractivity contribution in [3.05, 3.63) is 35.9 Å². The third-order valence-corrected chi connectivity index (χ3v) is 3.99. The number of rotatable bonds is 5. The molecule has 1 amide bonds. The largest absolute Gasteiger partial charge is 0.379 e. The lowest BCUT2D eigenvalue weighted by atomic mass is 10.0. The Kier molecular flexibility index (Phi) is 5.15. The summed E-state index contributed by atoms with van der Waals surface area (Å²) in [6.45, 7) is 4.79. The molecule has 0 spiro atoms. The summed E-state index contributed by atoms with van der Waals surface area (Å²) in [6.07, 6.45) is 1.70. The Labute approximate surface area is 120 Å². The highest BCUT2D eigenvalue weighted by atomic mass is 16.3. The molecule has 2 N–H and O–H groups in total. The van der Waals surface area contributed by atoms with Gasteiger partial charge >= 0.3 is 0 Å². The summed E-state index contributed by atoms with van der Waals surface area (Å²) >= 11 is 0. The maximum atomic E-state index is 12.6. The first-order valence-electron chi connectivity index (χ1n) is 7.46. The number of hydrogen-bond donors (Lipinski definition) is 2. The van der Waals surface area contributed by atoms with Gasteiger partial charge in [0.25, 0.3) is 0 Å². The summed E-state index contributed by atoms with van der Waals surface area (Å²) in [6, 6.07) is 10.0. The summed E-state index contributed by atoms with van der Waals surface area (Å²) in [5.74, 6) is 0.0970. The lowest BCUT2D eigenvalue weighted by Crippen LogP contribution is -2.46. The quantitative estimate of drug-likeness (QED) is 0.865. The smallest absolute Gasteiger partial charge is 0.240 e. The van der Waals surface area contributed by atoms with E-state index in [1.54, 1.807) is 0 Å². The zero-order valence-corrected chi connectivity index (χ0v) is 12.2. The van der Waals surface area contributed by atoms with E-state index in [1.807, 2.05) is 30.0 Å². The van der Waals surface area contributed by atoms with Gasteiger partial charge in [-0.1, -0.05) is 37.3 Å². The van der Waals surface area contributed by atoms with Crippen LogP contribution in [-0.4, -0.2) is 34.7 Å². The second-order valence-corrected chi connectivity index (χ2v) is 5.27. The first kappa shape index (κ1) is 15.0. The molecule has 3 atom stereocenters. The molecular weight excluding hydrogens is 252 g/mol. The molecule has 1 aromatic carbocycles. The van der Waals surface area contributed by atoms with E-state index in [-0.39, 0.29) is 18.0 Å². The van der Waals surface area contributed by atoms with Gasteiger partial charge in [-0.15, -0.1) is 0 Å². The van der Waals surface area contributed by atoms with Gasteiger partial charge in [0.1, 0.15) is 6.23 Å². The van der Waals surface area contributed by atoms with Crippen molar-refractivity contribution in [3.63, 3.8) is 0 Å². The van der Waals surface area contributed by atoms with Crippen molar-refractivity contribution in [2.75, 3.05) is 6.54 Å². The molecule has 1 aliphatic rings. The molecule has 0 bridgehead atoms. The van der Waals surface area contributed by atoms with Crippen molar-refractivity contribution in [2.45, 2.75) is 51.4 Å². The highest BCUT2D eigenvalue weighted by Crippen LogP contribution is 2.26. The average Bonchev–Trinajstić information content (AvgIpc) is 2.91. The van der Waals surface area contributed by atoms with E-state index in [0.29, 0.717) is 19.4 Å². The third kappa shape index (κ3) is 3.19. The molecule has 1 aromatic rings. The first-order chi connectivity index (χ1) is 9.67. The van der Waals surface area contributed by atoms with Crippen molar-refractivity contribution in [1.82, 2.24) is 10.2 Å². The van der Waals surface area contributed by atoms with Gasteiger partial charge in [-0.2, -0.15) is 0 Å². The van der Waals surface area contributed by atoms with E-state index in [1.165, 1.54) is 5.56 Å². The number of carbonyl (C=O) groups is 1. The van der Waals surface area contributed by atoms with Crippen LogP contribution in [0.3, 0.4) is 0 Å². The summed E-state index contributed by atoms with van der Waals surface area (Å²) < 4.78 is 0. The molecule has 0 saturated carbocycles. The highest BCUT2D eigenvalue weighted by Gasteiger charge is 2.33. The number of nitrogens with one attached hydrogen (secondary N) is 1. The molecule has 1 heterocycles. The lowest BCUT2D eigenvalue weighted by Gasteiger charge is -2.32. The molecule has 1 fully saturated rings. The van der Waals surface area contributed by atoms with Gasteiger partial charge in [0.2, 0.25) is 5.91 Å². The Morgan fingerprint density at radius 1 is 1.35 bits per heavy atom. The molecule has 0 radical (unpaired) electrons. The van der Waals surface area contributed by atoms with Crippen LogP contribution in [0.4, 0.5) is 0 Å². The van der Waals surface area contributed by atoms with Crippen LogP contribution in [-0.2, 0) is 4.79 Å². The standard InChI is InChI=1S/C16H24N2O2/c1-3-14(12-8-6-5-7-9-12)18(4-2)16(20)13-10-11-15(19)17-13/h5-9,13-15,17,19H,3-4,10-11H2,1-2H3/t13-,14?,15?/m0/s1. The number of benzene rings is 1. The van der Waals surface area contributed by atoms with E-state index in [2.05, 4.69) is 24.4 Å². The minimum atomic E-state index is -0.542. The Bertz CT molecular complexity index is 435. The molecule has 110 valence electrons. The summed E-state index contributed by atoms with van der Waals surface area (Å²) in [4.78, 5) is 14.6. The van der Waals surface area contributed by atoms with Crippen LogP contribution in [0.1, 0.15) is 44.7 Å². The topological polar surface area (TPSA) is 52.6 Å². The number of carbonyl (C=O) groups excluding carboxylic acids is 1. The lowest BCUT2D eigenvalue weighted by molar-refractivity contribution is -0.135. The number of nitrogens with zero attached hydrogens (tertiary/aromatic N) is 1. The molecule has 0 aliphatic carbocycles. The van der Waals surface area contributed by atoms with Crippen LogP contribution >= 0.6 is 0 Å². The van der Waals surface area contributed by atoms with E-state index in [9.17, 15) is 9.90 Å². The molecule has 20 heavy (non-hydrogen) atoms. The van der Waals surface area contributed by atoms with Crippen molar-refractivity contribution in [1.29, 1.82) is 0 Å². The first-order valence-corrected chi connectivity index (χ1v) is 7.46. The highest BCUT2D eigenvalue weighted by molar-refractivity contribution is 5.82. The number of aliphatic hydroxyl groups excluding tert-OH is 1. The van der Waals surface area contributed by atoms with Crippen molar-refractivity contribution in [2.24, 2.45) is 0 Å². The molecule has 0 aromatic heterocycles. The van der Waals surface area contributed by atoms with Crippen LogP contribution in [0.2, 0.25) is 0 Å². The number of hydrogen-bond acceptors (Lipinski definition) is 3. The van der Waals surface area contributed by atoms with Gasteiger partial charge in [-0.25, -0.2) is 0 Å². The van der Waals surface area contributed by atoms with Crippen LogP contribution in [0.25, 0.3) is 0 Å². The van der Waals surface area contributed by atoms with Crippen LogP contribution in [0, 0.1) is 0 Å². The Hall–Kier alpha value is -1.39. The number of amides is 1. The molecular formula is C16H24N2O2. The Balaban J connectivity index is 2.15. The van der Waals surface area contributed by atoms with Crippen LogP contribution in [0.5, 0.6) is 0 Å². The maximum absolute atomic E-state index is 12.6. The zero-order chi connectivity index (χ0) is 14.5. The molecule has 2 rings (SSSR count). The van der Waals surface area contributed by atoms with E-state index in [4.69, 9.17) is 0 Å². The van der Waals surface area contributed by atoms with E-state index in [0.717, 1.165) is 6.42 Å². The predicted molar refractivity (Wildman–Crippen MR) is 79.0 cm³/mol. The predicted octanol–water partition coefficient (Wildman–Crippen LogP) is 2.06. The van der Waals surface area contributed by atoms with Crippen molar-refractivity contribution < 1.29 is 9.90 Å². The number of aliphatic hydroxyl groups is 1. The van der Waals surface area contributed by atoms with Gasteiger partial charge in [0, 0.05) is 6.54 Å². The second kappa shape index (κ2) is 6.86. The van der Waals surface area contributed by atoms with Gasteiger partial charge in [-0.05, 0) is 31.7 Å². The maximum Gasteiger partial charge on any atom is 0.240 e. The second-order valence-electron chi connectivity index (χ2n) is 5.27. The molecule has 1 saturated heterocycles. The molecule has 1 aliphatic heterocycles. The van der Waals surface area contributed by atoms with Crippen LogP contribution < -0.4 is 5.32 Å². The minimum Gasteiger partial charge on any atom is -0.379 e. The number of likely N-dealkylation sites (N-methyl/N-ethyl adjacent to an activating group) is 1. The van der Waals surface area contributed by atoms with Crippen molar-refractivity contribution >= 4 is 5.91 Å². The van der Waals surface area contributed by atoms with Gasteiger partial charge in [0.15, 0.2) is 0 Å². The molecule has 4 heteroatoms. The van der Waals surface area contributed by atoms with Gasteiger partial charge in [0.05, 0.1) is 12.1 Å². The van der Waals surface area contributed by atoms with Crippen molar-refractivity contribution in [3.8, 4) is 0 Å². The summed E-state index contributed by atoms with van der Waals surface area (Å²) in [5.41, 5.74) is 1.17. The minimum absolute atomic E-state index is 0.0970. The average molecular weight is 276 g/mol. The van der Waals surface area contributed by atoms with Gasteiger partial charge in [-0.3, -0.25) is 10.1 Å². The normalized spacial score (nSPS) is 23.6. The van der Waals surface area contributed by atoms with Gasteiger partial charge < -0.3 is 10.0 Å². The fraction of sp³-hybridized carbons (Fsp3) is 0.562. The van der Waals surface area contributed by atoms with E-state index >= 15 is 0 Å².